The third-order valence-corrected chi connectivity index (χ3v) is 2.56. The van der Waals surface area contributed by atoms with Gasteiger partial charge in [-0.15, -0.1) is 0 Å². The molecule has 94 valence electrons. The molecule has 0 radical (unpaired) electrons. The Hall–Kier alpha value is -1.66. The van der Waals surface area contributed by atoms with Gasteiger partial charge in [-0.25, -0.2) is 0 Å². The summed E-state index contributed by atoms with van der Waals surface area (Å²) in [7, 11) is 1.35. The molecule has 1 atom stereocenters. The van der Waals surface area contributed by atoms with E-state index in [-0.39, 0.29) is 18.0 Å². The van der Waals surface area contributed by atoms with E-state index < -0.39 is 11.0 Å². The van der Waals surface area contributed by atoms with E-state index in [0.717, 1.165) is 5.56 Å². The minimum atomic E-state index is -0.685. The monoisotopic (exact) mass is 240 g/mol. The molecule has 3 N–H and O–H groups in total. The third kappa shape index (κ3) is 2.72. The normalized spacial score (nSPS) is 12.2. The van der Waals surface area contributed by atoms with Crippen LogP contribution in [0.5, 0.6) is 5.75 Å². The SMILES string of the molecule is CCc1cc([C@H](N)CO)c(OC)c([N+](=O)[O-])c1. The molecule has 0 aliphatic heterocycles. The van der Waals surface area contributed by atoms with Crippen molar-refractivity contribution in [3.05, 3.63) is 33.4 Å². The summed E-state index contributed by atoms with van der Waals surface area (Å²) in [4.78, 5) is 10.4. The molecule has 0 aliphatic rings. The van der Waals surface area contributed by atoms with Crippen LogP contribution in [0.3, 0.4) is 0 Å². The number of nitro benzene ring substituents is 1. The third-order valence-electron chi connectivity index (χ3n) is 2.56. The van der Waals surface area contributed by atoms with Crippen LogP contribution in [0.1, 0.15) is 24.1 Å². The molecule has 0 heterocycles. The predicted molar refractivity (Wildman–Crippen MR) is 63.0 cm³/mol. The Morgan fingerprint density at radius 1 is 1.59 bits per heavy atom. The van der Waals surface area contributed by atoms with Gasteiger partial charge in [0.25, 0.3) is 0 Å². The fourth-order valence-electron chi connectivity index (χ4n) is 1.63. The molecule has 0 amide bonds. The van der Waals surface area contributed by atoms with Crippen LogP contribution in [-0.2, 0) is 6.42 Å². The molecule has 0 unspecified atom stereocenters. The molecule has 17 heavy (non-hydrogen) atoms. The summed E-state index contributed by atoms with van der Waals surface area (Å²) in [6.45, 7) is 1.60. The maximum atomic E-state index is 10.9. The second-order valence-electron chi connectivity index (χ2n) is 3.64. The largest absolute Gasteiger partial charge is 0.490 e. The van der Waals surface area contributed by atoms with Crippen LogP contribution < -0.4 is 10.5 Å². The van der Waals surface area contributed by atoms with Crippen LogP contribution in [0, 0.1) is 10.1 Å². The predicted octanol–water partition coefficient (Wildman–Crippen LogP) is 1.16. The van der Waals surface area contributed by atoms with Gasteiger partial charge < -0.3 is 15.6 Å². The number of nitro groups is 1. The summed E-state index contributed by atoms with van der Waals surface area (Å²) in [5, 5.41) is 20.0. The summed E-state index contributed by atoms with van der Waals surface area (Å²) in [6.07, 6.45) is 0.649. The molecule has 0 aromatic heterocycles. The van der Waals surface area contributed by atoms with Gasteiger partial charge in [0.15, 0.2) is 0 Å². The van der Waals surface area contributed by atoms with Gasteiger partial charge in [-0.1, -0.05) is 6.92 Å². The lowest BCUT2D eigenvalue weighted by molar-refractivity contribution is -0.385. The van der Waals surface area contributed by atoms with E-state index >= 15 is 0 Å². The maximum absolute atomic E-state index is 10.9. The number of hydrogen-bond donors (Lipinski definition) is 2. The zero-order chi connectivity index (χ0) is 13.0. The molecule has 0 fully saturated rings. The first-order chi connectivity index (χ1) is 8.04. The molecule has 1 aromatic carbocycles. The summed E-state index contributed by atoms with van der Waals surface area (Å²) in [5.41, 5.74) is 6.84. The van der Waals surface area contributed by atoms with E-state index in [9.17, 15) is 10.1 Å². The second-order valence-corrected chi connectivity index (χ2v) is 3.64. The van der Waals surface area contributed by atoms with Gasteiger partial charge >= 0.3 is 5.69 Å². The average Bonchev–Trinajstić information content (AvgIpc) is 2.35. The van der Waals surface area contributed by atoms with E-state index in [2.05, 4.69) is 0 Å². The highest BCUT2D eigenvalue weighted by Gasteiger charge is 2.23. The smallest absolute Gasteiger partial charge is 0.311 e. The average molecular weight is 240 g/mol. The van der Waals surface area contributed by atoms with E-state index in [4.69, 9.17) is 15.6 Å². The van der Waals surface area contributed by atoms with Crippen molar-refractivity contribution in [2.75, 3.05) is 13.7 Å². The Kier molecular flexibility index (Phi) is 4.42. The molecule has 1 aromatic rings. The van der Waals surface area contributed by atoms with Gasteiger partial charge in [-0.3, -0.25) is 10.1 Å². The van der Waals surface area contributed by atoms with Crippen LogP contribution >= 0.6 is 0 Å². The summed E-state index contributed by atoms with van der Waals surface area (Å²) >= 11 is 0. The fraction of sp³-hybridized carbons (Fsp3) is 0.455. The number of hydrogen-bond acceptors (Lipinski definition) is 5. The number of aliphatic hydroxyl groups excluding tert-OH is 1. The first-order valence-corrected chi connectivity index (χ1v) is 5.26. The minimum Gasteiger partial charge on any atom is -0.490 e. The molecule has 1 rings (SSSR count). The van der Waals surface area contributed by atoms with E-state index in [0.29, 0.717) is 12.0 Å². The molecule has 0 saturated heterocycles. The number of nitrogens with zero attached hydrogens (tertiary/aromatic N) is 1. The lowest BCUT2D eigenvalue weighted by Gasteiger charge is -2.15. The molecular formula is C11H16N2O4. The van der Waals surface area contributed by atoms with E-state index in [1.807, 2.05) is 6.92 Å². The number of aryl methyl sites for hydroxylation is 1. The van der Waals surface area contributed by atoms with Crippen LogP contribution in [-0.4, -0.2) is 23.7 Å². The molecular weight excluding hydrogens is 224 g/mol. The summed E-state index contributed by atoms with van der Waals surface area (Å²) in [5.74, 6) is 0.119. The zero-order valence-electron chi connectivity index (χ0n) is 9.84. The van der Waals surface area contributed by atoms with Crippen molar-refractivity contribution in [2.24, 2.45) is 5.73 Å². The number of rotatable bonds is 5. The molecule has 0 saturated carbocycles. The summed E-state index contributed by atoms with van der Waals surface area (Å²) in [6, 6.07) is 2.51. The second kappa shape index (κ2) is 5.60. The standard InChI is InChI=1S/C11H16N2O4/c1-3-7-4-8(9(12)6-14)11(17-2)10(5-7)13(15)16/h4-5,9,14H,3,6,12H2,1-2H3/t9-/m1/s1. The quantitative estimate of drug-likeness (QED) is 0.594. The van der Waals surface area contributed by atoms with Crippen molar-refractivity contribution in [3.8, 4) is 5.75 Å². The van der Waals surface area contributed by atoms with E-state index in [1.165, 1.54) is 13.2 Å². The maximum Gasteiger partial charge on any atom is 0.311 e. The van der Waals surface area contributed by atoms with E-state index in [1.54, 1.807) is 6.07 Å². The first-order valence-electron chi connectivity index (χ1n) is 5.26. The lowest BCUT2D eigenvalue weighted by atomic mass is 10.0. The Morgan fingerprint density at radius 2 is 2.24 bits per heavy atom. The van der Waals surface area contributed by atoms with Crippen molar-refractivity contribution >= 4 is 5.69 Å². The summed E-state index contributed by atoms with van der Waals surface area (Å²) < 4.78 is 5.03. The molecule has 0 spiro atoms. The Bertz CT molecular complexity index is 420. The Labute approximate surface area is 99.2 Å². The van der Waals surface area contributed by atoms with Crippen molar-refractivity contribution in [2.45, 2.75) is 19.4 Å². The number of nitrogens with two attached hydrogens (primary N) is 1. The number of ether oxygens (including phenoxy) is 1. The highest BCUT2D eigenvalue weighted by atomic mass is 16.6. The zero-order valence-corrected chi connectivity index (χ0v) is 9.84. The highest BCUT2D eigenvalue weighted by molar-refractivity contribution is 5.55. The van der Waals surface area contributed by atoms with Gasteiger partial charge in [-0.05, 0) is 18.1 Å². The molecule has 0 bridgehead atoms. The Morgan fingerprint density at radius 3 is 2.65 bits per heavy atom. The minimum absolute atomic E-state index is 0.119. The number of methoxy groups -OCH3 is 1. The molecule has 6 nitrogen and oxygen atoms in total. The van der Waals surface area contributed by atoms with Crippen LogP contribution in [0.25, 0.3) is 0 Å². The first kappa shape index (κ1) is 13.4. The number of aliphatic hydroxyl groups is 1. The van der Waals surface area contributed by atoms with Crippen LogP contribution in [0.2, 0.25) is 0 Å². The fourth-order valence-corrected chi connectivity index (χ4v) is 1.63. The topological polar surface area (TPSA) is 98.6 Å². The van der Waals surface area contributed by atoms with Gasteiger partial charge in [0.05, 0.1) is 24.7 Å². The van der Waals surface area contributed by atoms with Crippen LogP contribution in [0.4, 0.5) is 5.69 Å². The van der Waals surface area contributed by atoms with Crippen molar-refractivity contribution in [1.82, 2.24) is 0 Å². The molecule has 6 heteroatoms. The van der Waals surface area contributed by atoms with Gasteiger partial charge in [0.2, 0.25) is 5.75 Å². The lowest BCUT2D eigenvalue weighted by Crippen LogP contribution is -2.16. The van der Waals surface area contributed by atoms with Crippen molar-refractivity contribution in [1.29, 1.82) is 0 Å². The van der Waals surface area contributed by atoms with Crippen molar-refractivity contribution < 1.29 is 14.8 Å². The van der Waals surface area contributed by atoms with Gasteiger partial charge in [-0.2, -0.15) is 0 Å². The van der Waals surface area contributed by atoms with Gasteiger partial charge in [0, 0.05) is 11.6 Å². The van der Waals surface area contributed by atoms with Crippen molar-refractivity contribution in [3.63, 3.8) is 0 Å². The van der Waals surface area contributed by atoms with Gasteiger partial charge in [0.1, 0.15) is 0 Å². The Balaban J connectivity index is 3.44. The molecule has 0 aliphatic carbocycles. The number of benzene rings is 1. The highest BCUT2D eigenvalue weighted by Crippen LogP contribution is 2.35. The van der Waals surface area contributed by atoms with Crippen LogP contribution in [0.15, 0.2) is 12.1 Å².